The minimum Gasteiger partial charge on any atom is -0.294 e. The summed E-state index contributed by atoms with van der Waals surface area (Å²) in [6.45, 7) is 4.45. The van der Waals surface area contributed by atoms with E-state index in [0.717, 1.165) is 12.0 Å². The van der Waals surface area contributed by atoms with Crippen molar-refractivity contribution in [3.8, 4) is 0 Å². The first kappa shape index (κ1) is 18.8. The van der Waals surface area contributed by atoms with Gasteiger partial charge in [-0.05, 0) is 34.6 Å². The lowest BCUT2D eigenvalue weighted by molar-refractivity contribution is 0.0983. The van der Waals surface area contributed by atoms with Gasteiger partial charge in [0.25, 0.3) is 0 Å². The maximum atomic E-state index is 12.4. The van der Waals surface area contributed by atoms with Gasteiger partial charge in [-0.2, -0.15) is 0 Å². The number of allylic oxidation sites excluding steroid dienone is 1. The maximum Gasteiger partial charge on any atom is 0.163 e. The van der Waals surface area contributed by atoms with Crippen LogP contribution in [0.5, 0.6) is 0 Å². The van der Waals surface area contributed by atoms with Crippen LogP contribution in [0.2, 0.25) is 0 Å². The lowest BCUT2D eigenvalue weighted by Gasteiger charge is -2.16. The van der Waals surface area contributed by atoms with Crippen LogP contribution in [0, 0.1) is 0 Å². The largest absolute Gasteiger partial charge is 0.294 e. The molecule has 0 aliphatic rings. The molecule has 0 radical (unpaired) electrons. The molecule has 0 amide bonds. The molecule has 0 bridgehead atoms. The number of hydrogen-bond donors (Lipinski definition) is 0. The van der Waals surface area contributed by atoms with Gasteiger partial charge in [0.2, 0.25) is 0 Å². The van der Waals surface area contributed by atoms with E-state index in [2.05, 4.69) is 68.5 Å². The molecule has 0 aliphatic carbocycles. The van der Waals surface area contributed by atoms with Gasteiger partial charge in [-0.3, -0.25) is 4.79 Å². The van der Waals surface area contributed by atoms with Gasteiger partial charge in [0, 0.05) is 12.0 Å². The Morgan fingerprint density at radius 3 is 1.96 bits per heavy atom. The highest BCUT2D eigenvalue weighted by Crippen LogP contribution is 2.31. The van der Waals surface area contributed by atoms with Crippen molar-refractivity contribution in [2.45, 2.75) is 32.6 Å². The second-order valence-electron chi connectivity index (χ2n) is 7.05. The maximum absolute atomic E-state index is 12.4. The number of Topliss-reactive ketones (excluding diaryl/α,β-unsaturated/α-hetero) is 1. The molecule has 0 aliphatic heterocycles. The molecule has 3 aromatic rings. The Bertz CT molecular complexity index is 905. The van der Waals surface area contributed by atoms with Crippen LogP contribution in [-0.4, -0.2) is 5.78 Å². The van der Waals surface area contributed by atoms with Gasteiger partial charge in [-0.15, -0.1) is 0 Å². The first-order valence-electron chi connectivity index (χ1n) is 9.60. The van der Waals surface area contributed by atoms with E-state index in [1.807, 2.05) is 36.4 Å². The van der Waals surface area contributed by atoms with Gasteiger partial charge in [-0.25, -0.2) is 0 Å². The van der Waals surface area contributed by atoms with Crippen LogP contribution in [0.25, 0.3) is 5.57 Å². The summed E-state index contributed by atoms with van der Waals surface area (Å²) in [5.74, 6) is 0.635. The highest BCUT2D eigenvalue weighted by molar-refractivity contribution is 5.96. The summed E-state index contributed by atoms with van der Waals surface area (Å²) in [5, 5.41) is 0. The van der Waals surface area contributed by atoms with Crippen LogP contribution in [0.3, 0.4) is 0 Å². The zero-order valence-corrected chi connectivity index (χ0v) is 16.1. The second-order valence-corrected chi connectivity index (χ2v) is 7.05. The summed E-state index contributed by atoms with van der Waals surface area (Å²) < 4.78 is 0. The first-order valence-corrected chi connectivity index (χ1v) is 9.60. The Morgan fingerprint density at radius 1 is 0.778 bits per heavy atom. The molecule has 3 aromatic carbocycles. The molecule has 0 spiro atoms. The van der Waals surface area contributed by atoms with Gasteiger partial charge >= 0.3 is 0 Å². The monoisotopic (exact) mass is 354 g/mol. The van der Waals surface area contributed by atoms with Crippen LogP contribution in [0.15, 0.2) is 91.0 Å². The molecule has 0 N–H and O–H groups in total. The third-order valence-corrected chi connectivity index (χ3v) is 4.77. The molecular weight excluding hydrogens is 328 g/mol. The zero-order chi connectivity index (χ0) is 19.1. The highest BCUT2D eigenvalue weighted by atomic mass is 16.1. The number of rotatable bonds is 7. The number of ketones is 1. The van der Waals surface area contributed by atoms with Gasteiger partial charge in [-0.1, -0.05) is 105 Å². The summed E-state index contributed by atoms with van der Waals surface area (Å²) in [5.41, 5.74) is 5.78. The minimum absolute atomic E-state index is 0.191. The Balaban J connectivity index is 1.90. The smallest absolute Gasteiger partial charge is 0.163 e. The molecule has 27 heavy (non-hydrogen) atoms. The Kier molecular flexibility index (Phi) is 6.38. The number of benzene rings is 3. The van der Waals surface area contributed by atoms with Gasteiger partial charge < -0.3 is 0 Å². The van der Waals surface area contributed by atoms with Crippen molar-refractivity contribution in [1.82, 2.24) is 0 Å². The van der Waals surface area contributed by atoms with Crippen molar-refractivity contribution in [1.29, 1.82) is 0 Å². The van der Waals surface area contributed by atoms with Crippen molar-refractivity contribution in [3.05, 3.63) is 113 Å². The molecule has 3 rings (SSSR count). The molecule has 136 valence electrons. The summed E-state index contributed by atoms with van der Waals surface area (Å²) in [6, 6.07) is 28.6. The van der Waals surface area contributed by atoms with Crippen LogP contribution in [-0.2, 0) is 0 Å². The number of carbonyl (C=O) groups is 1. The molecule has 0 unspecified atom stereocenters. The predicted molar refractivity (Wildman–Crippen MR) is 114 cm³/mol. The van der Waals surface area contributed by atoms with Crippen molar-refractivity contribution >= 4 is 11.4 Å². The normalized spacial score (nSPS) is 11.6. The van der Waals surface area contributed by atoms with Crippen LogP contribution < -0.4 is 0 Å². The standard InChI is InChI=1S/C26H26O/c1-20(2)23-16-9-10-17-25(23)24(21-12-5-3-6-13-21)18-11-19-26(27)22-14-7-4-8-15-22/h3-10,12-18,20H,11,19H2,1-2H3. The fourth-order valence-electron chi connectivity index (χ4n) is 3.36. The van der Waals surface area contributed by atoms with Crippen molar-refractivity contribution in [3.63, 3.8) is 0 Å². The van der Waals surface area contributed by atoms with E-state index in [-0.39, 0.29) is 5.78 Å². The van der Waals surface area contributed by atoms with E-state index < -0.39 is 0 Å². The Morgan fingerprint density at radius 2 is 1.33 bits per heavy atom. The Hall–Kier alpha value is -2.93. The van der Waals surface area contributed by atoms with Gasteiger partial charge in [0.05, 0.1) is 0 Å². The molecule has 1 heteroatoms. The topological polar surface area (TPSA) is 17.1 Å². The van der Waals surface area contributed by atoms with Crippen LogP contribution in [0.4, 0.5) is 0 Å². The SMILES string of the molecule is CC(C)c1ccccc1C(=CCCC(=O)c1ccccc1)c1ccccc1. The minimum atomic E-state index is 0.191. The molecule has 0 heterocycles. The fraction of sp³-hybridized carbons (Fsp3) is 0.192. The molecule has 0 fully saturated rings. The molecule has 1 nitrogen and oxygen atoms in total. The quantitative estimate of drug-likeness (QED) is 0.422. The van der Waals surface area contributed by atoms with Gasteiger partial charge in [0.1, 0.15) is 0 Å². The summed E-state index contributed by atoms with van der Waals surface area (Å²) >= 11 is 0. The highest BCUT2D eigenvalue weighted by Gasteiger charge is 2.12. The third-order valence-electron chi connectivity index (χ3n) is 4.77. The third kappa shape index (κ3) is 4.83. The van der Waals surface area contributed by atoms with E-state index in [4.69, 9.17) is 0 Å². The summed E-state index contributed by atoms with van der Waals surface area (Å²) in [7, 11) is 0. The fourth-order valence-corrected chi connectivity index (χ4v) is 3.36. The van der Waals surface area contributed by atoms with Crippen molar-refractivity contribution in [2.75, 3.05) is 0 Å². The van der Waals surface area contributed by atoms with Crippen molar-refractivity contribution < 1.29 is 4.79 Å². The van der Waals surface area contributed by atoms with Gasteiger partial charge in [0.15, 0.2) is 5.78 Å². The van der Waals surface area contributed by atoms with E-state index >= 15 is 0 Å². The van der Waals surface area contributed by atoms with E-state index in [1.165, 1.54) is 22.3 Å². The molecule has 0 saturated heterocycles. The molecular formula is C26H26O. The zero-order valence-electron chi connectivity index (χ0n) is 16.1. The summed E-state index contributed by atoms with van der Waals surface area (Å²) in [4.78, 5) is 12.4. The molecule has 0 atom stereocenters. The first-order chi connectivity index (χ1) is 13.2. The van der Waals surface area contributed by atoms with E-state index in [9.17, 15) is 4.79 Å². The average Bonchev–Trinajstić information content (AvgIpc) is 2.72. The van der Waals surface area contributed by atoms with Crippen LogP contribution in [0.1, 0.15) is 59.7 Å². The average molecular weight is 354 g/mol. The lowest BCUT2D eigenvalue weighted by Crippen LogP contribution is -1.99. The van der Waals surface area contributed by atoms with E-state index in [1.54, 1.807) is 0 Å². The van der Waals surface area contributed by atoms with Crippen molar-refractivity contribution in [2.24, 2.45) is 0 Å². The predicted octanol–water partition coefficient (Wildman–Crippen LogP) is 6.90. The number of hydrogen-bond acceptors (Lipinski definition) is 1. The van der Waals surface area contributed by atoms with E-state index in [0.29, 0.717) is 12.3 Å². The summed E-state index contributed by atoms with van der Waals surface area (Å²) in [6.07, 6.45) is 3.46. The molecule has 0 aromatic heterocycles. The second kappa shape index (κ2) is 9.14. The lowest BCUT2D eigenvalue weighted by atomic mass is 9.88. The van der Waals surface area contributed by atoms with Crippen LogP contribution >= 0.6 is 0 Å². The Labute approximate surface area is 162 Å². The molecule has 0 saturated carbocycles. The number of carbonyl (C=O) groups excluding carboxylic acids is 1.